The SMILES string of the molecule is O=C(O)C1CCCN1C(=O)NCCc1ncon1. The number of nitrogens with one attached hydrogen (secondary N) is 1. The van der Waals surface area contributed by atoms with Crippen LogP contribution < -0.4 is 5.32 Å². The van der Waals surface area contributed by atoms with E-state index in [1.807, 2.05) is 0 Å². The molecule has 0 aromatic carbocycles. The van der Waals surface area contributed by atoms with E-state index < -0.39 is 12.0 Å². The monoisotopic (exact) mass is 254 g/mol. The lowest BCUT2D eigenvalue weighted by molar-refractivity contribution is -0.141. The van der Waals surface area contributed by atoms with Gasteiger partial charge in [-0.3, -0.25) is 0 Å². The van der Waals surface area contributed by atoms with Crippen molar-refractivity contribution in [2.24, 2.45) is 0 Å². The molecule has 1 aromatic rings. The van der Waals surface area contributed by atoms with E-state index in [2.05, 4.69) is 20.0 Å². The standard InChI is InChI=1S/C10H14N4O4/c15-9(16)7-2-1-5-14(7)10(17)11-4-3-8-12-6-18-13-8/h6-7H,1-5H2,(H,11,17)(H,15,16). The van der Waals surface area contributed by atoms with Crippen LogP contribution in [0.15, 0.2) is 10.9 Å². The Balaban J connectivity index is 1.79. The summed E-state index contributed by atoms with van der Waals surface area (Å²) in [5, 5.41) is 15.2. The molecule has 2 N–H and O–H groups in total. The van der Waals surface area contributed by atoms with E-state index in [9.17, 15) is 9.59 Å². The third kappa shape index (κ3) is 2.76. The quantitative estimate of drug-likeness (QED) is 0.774. The van der Waals surface area contributed by atoms with Crippen LogP contribution in [0.5, 0.6) is 0 Å². The summed E-state index contributed by atoms with van der Waals surface area (Å²) in [6.07, 6.45) is 2.90. The Kier molecular flexibility index (Phi) is 3.75. The van der Waals surface area contributed by atoms with Crippen molar-refractivity contribution in [1.29, 1.82) is 0 Å². The molecule has 8 heteroatoms. The van der Waals surface area contributed by atoms with Crippen molar-refractivity contribution in [2.45, 2.75) is 25.3 Å². The van der Waals surface area contributed by atoms with Crippen LogP contribution in [0, 0.1) is 0 Å². The minimum Gasteiger partial charge on any atom is -0.480 e. The molecule has 1 fully saturated rings. The summed E-state index contributed by atoms with van der Waals surface area (Å²) >= 11 is 0. The summed E-state index contributed by atoms with van der Waals surface area (Å²) in [4.78, 5) is 27.9. The van der Waals surface area contributed by atoms with Crippen molar-refractivity contribution in [2.75, 3.05) is 13.1 Å². The van der Waals surface area contributed by atoms with Gasteiger partial charge in [0.05, 0.1) is 0 Å². The first kappa shape index (κ1) is 12.3. The van der Waals surface area contributed by atoms with Crippen molar-refractivity contribution in [3.8, 4) is 0 Å². The number of aromatic nitrogens is 2. The molecule has 0 radical (unpaired) electrons. The molecule has 2 rings (SSSR count). The zero-order valence-electron chi connectivity index (χ0n) is 9.70. The zero-order valence-corrected chi connectivity index (χ0v) is 9.70. The smallest absolute Gasteiger partial charge is 0.326 e. The van der Waals surface area contributed by atoms with Gasteiger partial charge in [0, 0.05) is 19.5 Å². The van der Waals surface area contributed by atoms with Crippen LogP contribution in [0.4, 0.5) is 4.79 Å². The fourth-order valence-corrected chi connectivity index (χ4v) is 1.95. The largest absolute Gasteiger partial charge is 0.480 e. The van der Waals surface area contributed by atoms with Gasteiger partial charge >= 0.3 is 12.0 Å². The Bertz CT molecular complexity index is 420. The van der Waals surface area contributed by atoms with Crippen LogP contribution in [0.25, 0.3) is 0 Å². The molecule has 2 heterocycles. The molecule has 0 aliphatic carbocycles. The minimum absolute atomic E-state index is 0.348. The zero-order chi connectivity index (χ0) is 13.0. The summed E-state index contributed by atoms with van der Waals surface area (Å²) in [5.74, 6) is -0.452. The Morgan fingerprint density at radius 3 is 3.11 bits per heavy atom. The molecule has 0 saturated carbocycles. The molecule has 8 nitrogen and oxygen atoms in total. The summed E-state index contributed by atoms with van der Waals surface area (Å²) in [5.41, 5.74) is 0. The first-order valence-electron chi connectivity index (χ1n) is 5.71. The number of amides is 2. The van der Waals surface area contributed by atoms with Crippen LogP contribution in [-0.2, 0) is 11.2 Å². The Hall–Kier alpha value is -2.12. The highest BCUT2D eigenvalue weighted by Crippen LogP contribution is 2.17. The summed E-state index contributed by atoms with van der Waals surface area (Å²) in [7, 11) is 0. The minimum atomic E-state index is -0.958. The van der Waals surface area contributed by atoms with Crippen molar-refractivity contribution < 1.29 is 19.2 Å². The van der Waals surface area contributed by atoms with E-state index in [0.29, 0.717) is 31.8 Å². The number of likely N-dealkylation sites (tertiary alicyclic amines) is 1. The Morgan fingerprint density at radius 2 is 2.44 bits per heavy atom. The average Bonchev–Trinajstić information content (AvgIpc) is 2.99. The fraction of sp³-hybridized carbons (Fsp3) is 0.600. The number of carbonyl (C=O) groups is 2. The highest BCUT2D eigenvalue weighted by atomic mass is 16.5. The summed E-state index contributed by atoms with van der Waals surface area (Å²) < 4.78 is 4.56. The molecule has 0 bridgehead atoms. The van der Waals surface area contributed by atoms with Crippen molar-refractivity contribution >= 4 is 12.0 Å². The number of rotatable bonds is 4. The predicted octanol–water partition coefficient (Wildman–Crippen LogP) is -0.129. The maximum Gasteiger partial charge on any atom is 0.326 e. The van der Waals surface area contributed by atoms with Crippen LogP contribution in [0.3, 0.4) is 0 Å². The summed E-state index contributed by atoms with van der Waals surface area (Å²) in [6, 6.07) is -1.07. The number of hydrogen-bond donors (Lipinski definition) is 2. The Labute approximate surface area is 103 Å². The maximum atomic E-state index is 11.8. The van der Waals surface area contributed by atoms with Gasteiger partial charge in [-0.15, -0.1) is 0 Å². The molecular formula is C10H14N4O4. The number of carbonyl (C=O) groups excluding carboxylic acids is 1. The lowest BCUT2D eigenvalue weighted by Crippen LogP contribution is -2.46. The molecule has 0 spiro atoms. The van der Waals surface area contributed by atoms with Gasteiger partial charge in [-0.1, -0.05) is 5.16 Å². The molecule has 18 heavy (non-hydrogen) atoms. The van der Waals surface area contributed by atoms with E-state index in [0.717, 1.165) is 6.42 Å². The molecule has 1 aromatic heterocycles. The number of carboxylic acid groups (broad SMARTS) is 1. The maximum absolute atomic E-state index is 11.8. The lowest BCUT2D eigenvalue weighted by atomic mass is 10.2. The number of urea groups is 1. The van der Waals surface area contributed by atoms with Crippen LogP contribution in [0.2, 0.25) is 0 Å². The topological polar surface area (TPSA) is 109 Å². The lowest BCUT2D eigenvalue weighted by Gasteiger charge is -2.21. The van der Waals surface area contributed by atoms with Gasteiger partial charge in [0.2, 0.25) is 6.39 Å². The molecular weight excluding hydrogens is 240 g/mol. The third-order valence-electron chi connectivity index (χ3n) is 2.83. The Morgan fingerprint density at radius 1 is 1.61 bits per heavy atom. The van der Waals surface area contributed by atoms with E-state index in [4.69, 9.17) is 5.11 Å². The van der Waals surface area contributed by atoms with Gasteiger partial charge in [-0.25, -0.2) is 9.59 Å². The number of aliphatic carboxylic acids is 1. The van der Waals surface area contributed by atoms with E-state index in [1.54, 1.807) is 0 Å². The molecule has 1 unspecified atom stereocenters. The normalized spacial score (nSPS) is 18.9. The summed E-state index contributed by atoms with van der Waals surface area (Å²) in [6.45, 7) is 0.826. The van der Waals surface area contributed by atoms with Gasteiger partial charge in [0.25, 0.3) is 0 Å². The number of nitrogens with zero attached hydrogens (tertiary/aromatic N) is 3. The highest BCUT2D eigenvalue weighted by Gasteiger charge is 2.33. The molecule has 1 saturated heterocycles. The second-order valence-electron chi connectivity index (χ2n) is 4.02. The van der Waals surface area contributed by atoms with Crippen molar-refractivity contribution in [3.05, 3.63) is 12.2 Å². The molecule has 1 atom stereocenters. The molecule has 2 amide bonds. The highest BCUT2D eigenvalue weighted by molar-refractivity contribution is 5.83. The predicted molar refractivity (Wildman–Crippen MR) is 58.8 cm³/mol. The van der Waals surface area contributed by atoms with Gasteiger partial charge in [0.1, 0.15) is 6.04 Å². The van der Waals surface area contributed by atoms with Gasteiger partial charge < -0.3 is 19.8 Å². The van der Waals surface area contributed by atoms with E-state index in [-0.39, 0.29) is 6.03 Å². The van der Waals surface area contributed by atoms with Gasteiger partial charge in [-0.05, 0) is 12.8 Å². The number of carboxylic acids is 1. The van der Waals surface area contributed by atoms with Crippen molar-refractivity contribution in [3.63, 3.8) is 0 Å². The first-order chi connectivity index (χ1) is 8.68. The molecule has 1 aliphatic rings. The van der Waals surface area contributed by atoms with Crippen LogP contribution >= 0.6 is 0 Å². The van der Waals surface area contributed by atoms with Crippen LogP contribution in [0.1, 0.15) is 18.7 Å². The van der Waals surface area contributed by atoms with Crippen LogP contribution in [-0.4, -0.2) is 51.3 Å². The average molecular weight is 254 g/mol. The first-order valence-corrected chi connectivity index (χ1v) is 5.71. The fourth-order valence-electron chi connectivity index (χ4n) is 1.95. The van der Waals surface area contributed by atoms with Gasteiger partial charge in [-0.2, -0.15) is 4.98 Å². The molecule has 98 valence electrons. The van der Waals surface area contributed by atoms with Gasteiger partial charge in [0.15, 0.2) is 5.82 Å². The number of hydrogen-bond acceptors (Lipinski definition) is 5. The second-order valence-corrected chi connectivity index (χ2v) is 4.02. The third-order valence-corrected chi connectivity index (χ3v) is 2.83. The van der Waals surface area contributed by atoms with E-state index in [1.165, 1.54) is 11.3 Å². The van der Waals surface area contributed by atoms with E-state index >= 15 is 0 Å². The second kappa shape index (κ2) is 5.48. The van der Waals surface area contributed by atoms with Crippen molar-refractivity contribution in [1.82, 2.24) is 20.4 Å². The molecule has 1 aliphatic heterocycles.